The molecular weight excluding hydrogens is 266 g/mol. The van der Waals surface area contributed by atoms with Gasteiger partial charge in [-0.1, -0.05) is 24.3 Å². The van der Waals surface area contributed by atoms with E-state index in [1.165, 1.54) is 0 Å². The Morgan fingerprint density at radius 2 is 2.00 bits per heavy atom. The fourth-order valence-corrected chi connectivity index (χ4v) is 2.21. The van der Waals surface area contributed by atoms with E-state index in [0.29, 0.717) is 22.6 Å². The number of para-hydroxylation sites is 1. The molecule has 3 rings (SSSR count). The third-order valence-corrected chi connectivity index (χ3v) is 3.26. The minimum absolute atomic E-state index is 0.299. The Kier molecular flexibility index (Phi) is 3.41. The van der Waals surface area contributed by atoms with Crippen LogP contribution in [0.3, 0.4) is 0 Å². The van der Waals surface area contributed by atoms with Crippen LogP contribution in [-0.4, -0.2) is 20.4 Å². The number of pyridine rings is 1. The smallest absolute Gasteiger partial charge is 0.275 e. The van der Waals surface area contributed by atoms with Gasteiger partial charge in [0.05, 0.1) is 6.10 Å². The molecule has 2 aromatic heterocycles. The van der Waals surface area contributed by atoms with Gasteiger partial charge in [-0.3, -0.25) is 4.79 Å². The Morgan fingerprint density at radius 3 is 2.76 bits per heavy atom. The number of anilines is 1. The molecule has 3 aromatic rings. The number of amides is 1. The Labute approximate surface area is 121 Å². The predicted octanol–water partition coefficient (Wildman–Crippen LogP) is 2.64. The minimum atomic E-state index is -0.650. The lowest BCUT2D eigenvalue weighted by Crippen LogP contribution is -2.14. The summed E-state index contributed by atoms with van der Waals surface area (Å²) in [6, 6.07) is 12.7. The quantitative estimate of drug-likeness (QED) is 0.775. The SMILES string of the molecule is CC(O)c1ccccc1NC(=O)c1cn2ccccc2n1. The molecule has 0 saturated carbocycles. The molecule has 0 radical (unpaired) electrons. The molecule has 2 N–H and O–H groups in total. The number of fused-ring (bicyclic) bond motifs is 1. The van der Waals surface area contributed by atoms with E-state index in [4.69, 9.17) is 0 Å². The summed E-state index contributed by atoms with van der Waals surface area (Å²) in [6.07, 6.45) is 2.86. The number of imidazole rings is 1. The molecule has 0 fully saturated rings. The monoisotopic (exact) mass is 281 g/mol. The van der Waals surface area contributed by atoms with Crippen LogP contribution in [0.2, 0.25) is 0 Å². The van der Waals surface area contributed by atoms with Gasteiger partial charge in [0.1, 0.15) is 11.3 Å². The topological polar surface area (TPSA) is 66.6 Å². The number of rotatable bonds is 3. The molecule has 0 spiro atoms. The van der Waals surface area contributed by atoms with Gasteiger partial charge in [-0.25, -0.2) is 4.98 Å². The second-order valence-electron chi connectivity index (χ2n) is 4.81. The van der Waals surface area contributed by atoms with E-state index in [1.54, 1.807) is 29.7 Å². The van der Waals surface area contributed by atoms with Crippen LogP contribution in [0.4, 0.5) is 5.69 Å². The number of aromatic nitrogens is 2. The highest BCUT2D eigenvalue weighted by Crippen LogP contribution is 2.22. The lowest BCUT2D eigenvalue weighted by Gasteiger charge is -2.12. The van der Waals surface area contributed by atoms with Crippen molar-refractivity contribution in [3.05, 3.63) is 66.1 Å². The Hall–Kier alpha value is -2.66. The van der Waals surface area contributed by atoms with Crippen molar-refractivity contribution >= 4 is 17.2 Å². The van der Waals surface area contributed by atoms with E-state index in [2.05, 4.69) is 10.3 Å². The molecule has 5 heteroatoms. The van der Waals surface area contributed by atoms with Crippen molar-refractivity contribution in [1.82, 2.24) is 9.38 Å². The number of aliphatic hydroxyl groups excluding tert-OH is 1. The van der Waals surface area contributed by atoms with E-state index in [-0.39, 0.29) is 5.91 Å². The van der Waals surface area contributed by atoms with Crippen molar-refractivity contribution in [2.45, 2.75) is 13.0 Å². The second kappa shape index (κ2) is 5.38. The molecule has 0 aliphatic rings. The molecule has 1 unspecified atom stereocenters. The third kappa shape index (κ3) is 2.64. The molecule has 0 aliphatic heterocycles. The first-order valence-electron chi connectivity index (χ1n) is 6.67. The molecule has 0 bridgehead atoms. The van der Waals surface area contributed by atoms with Crippen molar-refractivity contribution in [1.29, 1.82) is 0 Å². The maximum absolute atomic E-state index is 12.3. The van der Waals surface area contributed by atoms with Gasteiger partial charge in [0.25, 0.3) is 5.91 Å². The normalized spacial score (nSPS) is 12.3. The van der Waals surface area contributed by atoms with Crippen molar-refractivity contribution in [2.24, 2.45) is 0 Å². The summed E-state index contributed by atoms with van der Waals surface area (Å²) in [5.41, 5.74) is 2.32. The molecule has 1 amide bonds. The van der Waals surface area contributed by atoms with Crippen molar-refractivity contribution in [3.8, 4) is 0 Å². The Bertz CT molecular complexity index is 760. The summed E-state index contributed by atoms with van der Waals surface area (Å²) in [5.74, 6) is -0.299. The number of hydrogen-bond acceptors (Lipinski definition) is 3. The molecule has 2 heterocycles. The summed E-state index contributed by atoms with van der Waals surface area (Å²) in [4.78, 5) is 16.6. The lowest BCUT2D eigenvalue weighted by atomic mass is 10.1. The highest BCUT2D eigenvalue weighted by molar-refractivity contribution is 6.03. The largest absolute Gasteiger partial charge is 0.389 e. The average Bonchev–Trinajstić information content (AvgIpc) is 2.91. The van der Waals surface area contributed by atoms with Gasteiger partial charge in [0, 0.05) is 23.6 Å². The average molecular weight is 281 g/mol. The lowest BCUT2D eigenvalue weighted by molar-refractivity contribution is 0.102. The van der Waals surface area contributed by atoms with Crippen LogP contribution in [0.25, 0.3) is 5.65 Å². The molecule has 0 saturated heterocycles. The summed E-state index contributed by atoms with van der Waals surface area (Å²) in [5, 5.41) is 12.5. The zero-order valence-corrected chi connectivity index (χ0v) is 11.5. The summed E-state index contributed by atoms with van der Waals surface area (Å²) < 4.78 is 1.79. The third-order valence-electron chi connectivity index (χ3n) is 3.26. The van der Waals surface area contributed by atoms with Crippen LogP contribution >= 0.6 is 0 Å². The van der Waals surface area contributed by atoms with Gasteiger partial charge in [-0.2, -0.15) is 0 Å². The zero-order valence-electron chi connectivity index (χ0n) is 11.5. The van der Waals surface area contributed by atoms with Crippen LogP contribution in [0.15, 0.2) is 54.9 Å². The number of carbonyl (C=O) groups excluding carboxylic acids is 1. The first kappa shape index (κ1) is 13.3. The minimum Gasteiger partial charge on any atom is -0.389 e. The summed E-state index contributed by atoms with van der Waals surface area (Å²) >= 11 is 0. The van der Waals surface area contributed by atoms with Crippen molar-refractivity contribution in [2.75, 3.05) is 5.32 Å². The summed E-state index contributed by atoms with van der Waals surface area (Å²) in [7, 11) is 0. The second-order valence-corrected chi connectivity index (χ2v) is 4.81. The molecule has 1 aromatic carbocycles. The Morgan fingerprint density at radius 1 is 1.24 bits per heavy atom. The maximum atomic E-state index is 12.3. The molecule has 0 aliphatic carbocycles. The number of hydrogen-bond donors (Lipinski definition) is 2. The Balaban J connectivity index is 1.89. The van der Waals surface area contributed by atoms with Crippen LogP contribution in [0, 0.1) is 0 Å². The molecule has 5 nitrogen and oxygen atoms in total. The van der Waals surface area contributed by atoms with E-state index in [9.17, 15) is 9.90 Å². The number of aliphatic hydroxyl groups is 1. The molecule has 106 valence electrons. The fourth-order valence-electron chi connectivity index (χ4n) is 2.21. The number of nitrogens with zero attached hydrogens (tertiary/aromatic N) is 2. The number of benzene rings is 1. The van der Waals surface area contributed by atoms with Gasteiger partial charge in [0.2, 0.25) is 0 Å². The predicted molar refractivity (Wildman–Crippen MR) is 80.2 cm³/mol. The van der Waals surface area contributed by atoms with Crippen molar-refractivity contribution < 1.29 is 9.90 Å². The van der Waals surface area contributed by atoms with E-state index in [0.717, 1.165) is 0 Å². The molecule has 21 heavy (non-hydrogen) atoms. The number of nitrogens with one attached hydrogen (secondary N) is 1. The highest BCUT2D eigenvalue weighted by atomic mass is 16.3. The highest BCUT2D eigenvalue weighted by Gasteiger charge is 2.14. The standard InChI is InChI=1S/C16H15N3O2/c1-11(20)12-6-2-3-7-13(12)18-16(21)14-10-19-9-5-4-8-15(19)17-14/h2-11,20H,1H3,(H,18,21). The van der Waals surface area contributed by atoms with Gasteiger partial charge in [0.15, 0.2) is 0 Å². The molecule has 1 atom stereocenters. The first-order valence-corrected chi connectivity index (χ1v) is 6.67. The fraction of sp³-hybridized carbons (Fsp3) is 0.125. The van der Waals surface area contributed by atoms with Crippen LogP contribution in [0.1, 0.15) is 29.1 Å². The van der Waals surface area contributed by atoms with Gasteiger partial charge >= 0.3 is 0 Å². The van der Waals surface area contributed by atoms with Gasteiger partial charge < -0.3 is 14.8 Å². The number of carbonyl (C=O) groups is 1. The maximum Gasteiger partial charge on any atom is 0.275 e. The van der Waals surface area contributed by atoms with E-state index < -0.39 is 6.10 Å². The van der Waals surface area contributed by atoms with Crippen LogP contribution < -0.4 is 5.32 Å². The summed E-state index contributed by atoms with van der Waals surface area (Å²) in [6.45, 7) is 1.66. The van der Waals surface area contributed by atoms with Crippen LogP contribution in [-0.2, 0) is 0 Å². The van der Waals surface area contributed by atoms with E-state index >= 15 is 0 Å². The van der Waals surface area contributed by atoms with Crippen molar-refractivity contribution in [3.63, 3.8) is 0 Å². The van der Waals surface area contributed by atoms with Crippen LogP contribution in [0.5, 0.6) is 0 Å². The first-order chi connectivity index (χ1) is 10.1. The van der Waals surface area contributed by atoms with E-state index in [1.807, 2.05) is 36.5 Å². The zero-order chi connectivity index (χ0) is 14.8. The molecular formula is C16H15N3O2. The van der Waals surface area contributed by atoms with Gasteiger partial charge in [-0.15, -0.1) is 0 Å². The van der Waals surface area contributed by atoms with Gasteiger partial charge in [-0.05, 0) is 25.1 Å².